The van der Waals surface area contributed by atoms with Crippen LogP contribution in [0, 0.1) is 5.92 Å². The quantitative estimate of drug-likeness (QED) is 0.874. The van der Waals surface area contributed by atoms with Crippen LogP contribution < -0.4 is 0 Å². The first kappa shape index (κ1) is 13.1. The summed E-state index contributed by atoms with van der Waals surface area (Å²) in [5.74, 6) is -0.143. The Kier molecular flexibility index (Phi) is 4.42. The molecule has 100 valence electrons. The molecule has 0 saturated heterocycles. The van der Waals surface area contributed by atoms with Gasteiger partial charge in [-0.25, -0.2) is 4.79 Å². The number of hydrogen-bond acceptors (Lipinski definition) is 3. The van der Waals surface area contributed by atoms with Crippen molar-refractivity contribution in [2.75, 3.05) is 13.6 Å². The molecule has 1 heterocycles. The van der Waals surface area contributed by atoms with Crippen LogP contribution in [0.3, 0.4) is 0 Å². The molecule has 1 aliphatic rings. The van der Waals surface area contributed by atoms with Gasteiger partial charge in [0.15, 0.2) is 0 Å². The van der Waals surface area contributed by atoms with Crippen LogP contribution in [-0.4, -0.2) is 29.6 Å². The summed E-state index contributed by atoms with van der Waals surface area (Å²) < 4.78 is 4.99. The second kappa shape index (κ2) is 6.05. The molecule has 1 saturated carbocycles. The van der Waals surface area contributed by atoms with Crippen LogP contribution in [0.1, 0.15) is 48.2 Å². The van der Waals surface area contributed by atoms with Crippen molar-refractivity contribution in [2.24, 2.45) is 5.92 Å². The SMILES string of the molecule is CN(Cc1ccoc1C(=O)O)CC1CCCCC1. The highest BCUT2D eigenvalue weighted by Crippen LogP contribution is 2.24. The summed E-state index contributed by atoms with van der Waals surface area (Å²) in [6, 6.07) is 1.75. The van der Waals surface area contributed by atoms with Gasteiger partial charge < -0.3 is 14.4 Å². The third-order valence-corrected chi connectivity index (χ3v) is 3.68. The summed E-state index contributed by atoms with van der Waals surface area (Å²) in [7, 11) is 2.05. The van der Waals surface area contributed by atoms with Crippen molar-refractivity contribution in [1.82, 2.24) is 4.90 Å². The Morgan fingerprint density at radius 1 is 1.44 bits per heavy atom. The number of carboxylic acids is 1. The summed E-state index contributed by atoms with van der Waals surface area (Å²) in [6.45, 7) is 1.69. The standard InChI is InChI=1S/C14H21NO3/c1-15(9-11-5-3-2-4-6-11)10-12-7-8-18-13(12)14(16)17/h7-8,11H,2-6,9-10H2,1H3,(H,16,17). The highest BCUT2D eigenvalue weighted by atomic mass is 16.4. The fourth-order valence-electron chi connectivity index (χ4n) is 2.81. The topological polar surface area (TPSA) is 53.7 Å². The Labute approximate surface area is 108 Å². The third kappa shape index (κ3) is 3.35. The highest BCUT2D eigenvalue weighted by molar-refractivity contribution is 5.86. The predicted octanol–water partition coefficient (Wildman–Crippen LogP) is 2.99. The number of nitrogens with zero attached hydrogens (tertiary/aromatic N) is 1. The third-order valence-electron chi connectivity index (χ3n) is 3.68. The molecule has 0 radical (unpaired) electrons. The van der Waals surface area contributed by atoms with Crippen LogP contribution in [0.25, 0.3) is 0 Å². The Bertz CT molecular complexity index is 393. The van der Waals surface area contributed by atoms with Gasteiger partial charge in [0.2, 0.25) is 5.76 Å². The smallest absolute Gasteiger partial charge is 0.372 e. The van der Waals surface area contributed by atoms with E-state index in [0.717, 1.165) is 18.0 Å². The molecular formula is C14H21NO3. The minimum absolute atomic E-state index is 0.0745. The monoisotopic (exact) mass is 251 g/mol. The van der Waals surface area contributed by atoms with E-state index in [4.69, 9.17) is 9.52 Å². The van der Waals surface area contributed by atoms with E-state index >= 15 is 0 Å². The maximum absolute atomic E-state index is 10.9. The summed E-state index contributed by atoms with van der Waals surface area (Å²) in [5.41, 5.74) is 0.765. The molecule has 0 spiro atoms. The first-order chi connectivity index (χ1) is 8.66. The second-order valence-electron chi connectivity index (χ2n) is 5.28. The Hall–Kier alpha value is -1.29. The fraction of sp³-hybridized carbons (Fsp3) is 0.643. The second-order valence-corrected chi connectivity index (χ2v) is 5.28. The van der Waals surface area contributed by atoms with Crippen molar-refractivity contribution in [1.29, 1.82) is 0 Å². The van der Waals surface area contributed by atoms with Crippen LogP contribution in [-0.2, 0) is 6.54 Å². The van der Waals surface area contributed by atoms with Crippen molar-refractivity contribution >= 4 is 5.97 Å². The summed E-state index contributed by atoms with van der Waals surface area (Å²) in [4.78, 5) is 13.1. The van der Waals surface area contributed by atoms with Gasteiger partial charge in [0.05, 0.1) is 6.26 Å². The van der Waals surface area contributed by atoms with Crippen molar-refractivity contribution in [3.8, 4) is 0 Å². The molecule has 1 fully saturated rings. The van der Waals surface area contributed by atoms with Crippen LogP contribution in [0.5, 0.6) is 0 Å². The van der Waals surface area contributed by atoms with Gasteiger partial charge in [-0.3, -0.25) is 0 Å². The first-order valence-corrected chi connectivity index (χ1v) is 6.65. The van der Waals surface area contributed by atoms with Crippen LogP contribution in [0.2, 0.25) is 0 Å². The van der Waals surface area contributed by atoms with Crippen molar-refractivity contribution in [3.05, 3.63) is 23.7 Å². The summed E-state index contributed by atoms with van der Waals surface area (Å²) >= 11 is 0. The molecule has 4 nitrogen and oxygen atoms in total. The van der Waals surface area contributed by atoms with Crippen LogP contribution in [0.15, 0.2) is 16.7 Å². The van der Waals surface area contributed by atoms with Gasteiger partial charge >= 0.3 is 5.97 Å². The van der Waals surface area contributed by atoms with Gasteiger partial charge in [-0.15, -0.1) is 0 Å². The predicted molar refractivity (Wildman–Crippen MR) is 68.6 cm³/mol. The lowest BCUT2D eigenvalue weighted by atomic mass is 9.89. The van der Waals surface area contributed by atoms with Gasteiger partial charge in [0.25, 0.3) is 0 Å². The Morgan fingerprint density at radius 3 is 2.83 bits per heavy atom. The molecule has 4 heteroatoms. The number of carboxylic acid groups (broad SMARTS) is 1. The first-order valence-electron chi connectivity index (χ1n) is 6.65. The molecule has 1 aliphatic carbocycles. The summed E-state index contributed by atoms with van der Waals surface area (Å²) in [5, 5.41) is 8.98. The molecule has 1 aromatic rings. The van der Waals surface area contributed by atoms with Crippen molar-refractivity contribution in [3.63, 3.8) is 0 Å². The van der Waals surface area contributed by atoms with Crippen molar-refractivity contribution in [2.45, 2.75) is 38.6 Å². The van der Waals surface area contributed by atoms with Gasteiger partial charge in [-0.2, -0.15) is 0 Å². The average Bonchev–Trinajstić information content (AvgIpc) is 2.78. The lowest BCUT2D eigenvalue weighted by Crippen LogP contribution is -2.27. The number of aromatic carboxylic acids is 1. The van der Waals surface area contributed by atoms with E-state index in [9.17, 15) is 4.79 Å². The molecule has 0 unspecified atom stereocenters. The molecule has 2 rings (SSSR count). The van der Waals surface area contributed by atoms with E-state index in [1.807, 2.05) is 7.05 Å². The van der Waals surface area contributed by atoms with Gasteiger partial charge in [0, 0.05) is 18.7 Å². The zero-order valence-corrected chi connectivity index (χ0v) is 10.9. The normalized spacial score (nSPS) is 17.2. The lowest BCUT2D eigenvalue weighted by molar-refractivity contribution is 0.0659. The zero-order valence-electron chi connectivity index (χ0n) is 10.9. The lowest BCUT2D eigenvalue weighted by Gasteiger charge is -2.26. The maximum atomic E-state index is 10.9. The van der Waals surface area contributed by atoms with Gasteiger partial charge in [0.1, 0.15) is 0 Å². The molecule has 0 aliphatic heterocycles. The number of rotatable bonds is 5. The molecule has 0 atom stereocenters. The minimum Gasteiger partial charge on any atom is -0.475 e. The van der Waals surface area contributed by atoms with E-state index in [2.05, 4.69) is 4.90 Å². The van der Waals surface area contributed by atoms with E-state index in [1.54, 1.807) is 6.07 Å². The molecule has 1 aromatic heterocycles. The van der Waals surface area contributed by atoms with Crippen molar-refractivity contribution < 1.29 is 14.3 Å². The Balaban J connectivity index is 1.88. The number of carbonyl (C=O) groups is 1. The van der Waals surface area contributed by atoms with E-state index < -0.39 is 5.97 Å². The molecule has 18 heavy (non-hydrogen) atoms. The Morgan fingerprint density at radius 2 is 2.17 bits per heavy atom. The van der Waals surface area contributed by atoms with E-state index in [0.29, 0.717) is 6.54 Å². The molecule has 0 aromatic carbocycles. The fourth-order valence-corrected chi connectivity index (χ4v) is 2.81. The van der Waals surface area contributed by atoms with Crippen LogP contribution >= 0.6 is 0 Å². The largest absolute Gasteiger partial charge is 0.475 e. The van der Waals surface area contributed by atoms with Crippen LogP contribution in [0.4, 0.5) is 0 Å². The molecule has 0 bridgehead atoms. The zero-order chi connectivity index (χ0) is 13.0. The number of hydrogen-bond donors (Lipinski definition) is 1. The van der Waals surface area contributed by atoms with E-state index in [-0.39, 0.29) is 5.76 Å². The van der Waals surface area contributed by atoms with Gasteiger partial charge in [-0.1, -0.05) is 19.3 Å². The molecule has 1 N–H and O–H groups in total. The highest BCUT2D eigenvalue weighted by Gasteiger charge is 2.18. The maximum Gasteiger partial charge on any atom is 0.372 e. The van der Waals surface area contributed by atoms with Gasteiger partial charge in [-0.05, 0) is 31.9 Å². The van der Waals surface area contributed by atoms with E-state index in [1.165, 1.54) is 38.4 Å². The number of furan rings is 1. The molecular weight excluding hydrogens is 230 g/mol. The molecule has 0 amide bonds. The summed E-state index contributed by atoms with van der Waals surface area (Å²) in [6.07, 6.45) is 8.11. The average molecular weight is 251 g/mol. The minimum atomic E-state index is -0.985.